The van der Waals surface area contributed by atoms with Gasteiger partial charge < -0.3 is 9.64 Å². The van der Waals surface area contributed by atoms with Gasteiger partial charge in [-0.05, 0) is 56.0 Å². The minimum absolute atomic E-state index is 0.00597. The van der Waals surface area contributed by atoms with Crippen LogP contribution in [0, 0.1) is 17.2 Å². The van der Waals surface area contributed by atoms with E-state index >= 15 is 0 Å². The molecule has 1 aliphatic carbocycles. The number of benzene rings is 2. The molecule has 0 aliphatic heterocycles. The van der Waals surface area contributed by atoms with E-state index in [0.29, 0.717) is 34.5 Å². The molecule has 0 atom stereocenters. The number of amides is 1. The predicted molar refractivity (Wildman–Crippen MR) is 97.0 cm³/mol. The van der Waals surface area contributed by atoms with E-state index in [4.69, 9.17) is 16.3 Å². The average molecular weight is 355 g/mol. The van der Waals surface area contributed by atoms with Crippen molar-refractivity contribution < 1.29 is 9.53 Å². The van der Waals surface area contributed by atoms with E-state index in [1.165, 1.54) is 12.8 Å². The summed E-state index contributed by atoms with van der Waals surface area (Å²) in [4.78, 5) is 14.6. The van der Waals surface area contributed by atoms with Crippen molar-refractivity contribution in [1.82, 2.24) is 4.90 Å². The summed E-state index contributed by atoms with van der Waals surface area (Å²) >= 11 is 6.03. The molecule has 1 fully saturated rings. The number of halogens is 1. The second-order valence-corrected chi connectivity index (χ2v) is 6.55. The molecule has 0 aromatic heterocycles. The molecule has 3 rings (SSSR count). The van der Waals surface area contributed by atoms with E-state index in [2.05, 4.69) is 0 Å². The molecule has 128 valence electrons. The summed E-state index contributed by atoms with van der Waals surface area (Å²) in [7, 11) is 0. The summed E-state index contributed by atoms with van der Waals surface area (Å²) in [6, 6.07) is 14.1. The van der Waals surface area contributed by atoms with Crippen LogP contribution < -0.4 is 4.74 Å². The lowest BCUT2D eigenvalue weighted by Crippen LogP contribution is -2.32. The summed E-state index contributed by atoms with van der Waals surface area (Å²) < 4.78 is 5.80. The normalized spacial score (nSPS) is 13.2. The molecule has 0 unspecified atom stereocenters. The van der Waals surface area contributed by atoms with Gasteiger partial charge in [-0.1, -0.05) is 23.7 Å². The van der Waals surface area contributed by atoms with E-state index in [-0.39, 0.29) is 11.5 Å². The molecule has 25 heavy (non-hydrogen) atoms. The monoisotopic (exact) mass is 354 g/mol. The first kappa shape index (κ1) is 17.3. The maximum Gasteiger partial charge on any atom is 0.253 e. The van der Waals surface area contributed by atoms with Gasteiger partial charge in [-0.25, -0.2) is 0 Å². The zero-order valence-electron chi connectivity index (χ0n) is 14.0. The topological polar surface area (TPSA) is 53.3 Å². The zero-order valence-corrected chi connectivity index (χ0v) is 14.8. The Morgan fingerprint density at radius 3 is 2.76 bits per heavy atom. The van der Waals surface area contributed by atoms with Gasteiger partial charge in [0.1, 0.15) is 23.1 Å². The Morgan fingerprint density at radius 1 is 1.32 bits per heavy atom. The van der Waals surface area contributed by atoms with Gasteiger partial charge in [0.25, 0.3) is 5.91 Å². The molecule has 0 heterocycles. The van der Waals surface area contributed by atoms with Crippen molar-refractivity contribution in [1.29, 1.82) is 5.26 Å². The van der Waals surface area contributed by atoms with Gasteiger partial charge in [-0.2, -0.15) is 5.26 Å². The molecule has 5 heteroatoms. The quantitative estimate of drug-likeness (QED) is 0.743. The second kappa shape index (κ2) is 7.58. The molecule has 0 spiro atoms. The molecule has 2 aromatic carbocycles. The van der Waals surface area contributed by atoms with E-state index < -0.39 is 0 Å². The van der Waals surface area contributed by atoms with Crippen molar-refractivity contribution in [3.8, 4) is 17.6 Å². The van der Waals surface area contributed by atoms with Crippen molar-refractivity contribution >= 4 is 17.5 Å². The Balaban J connectivity index is 1.81. The van der Waals surface area contributed by atoms with E-state index in [0.717, 1.165) is 6.54 Å². The van der Waals surface area contributed by atoms with Gasteiger partial charge in [0.05, 0.1) is 5.02 Å². The number of hydrogen-bond acceptors (Lipinski definition) is 3. The highest BCUT2D eigenvalue weighted by Crippen LogP contribution is 2.31. The fourth-order valence-electron chi connectivity index (χ4n) is 2.67. The SMILES string of the molecule is CCN(CC1CC1)C(=O)c1cccc(Oc2cccc(Cl)c2C#N)c1. The predicted octanol–water partition coefficient (Wildman–Crippen LogP) is 4.88. The van der Waals surface area contributed by atoms with E-state index in [1.807, 2.05) is 17.9 Å². The van der Waals surface area contributed by atoms with Crippen LogP contribution in [0.1, 0.15) is 35.7 Å². The van der Waals surface area contributed by atoms with Crippen LogP contribution in [0.2, 0.25) is 5.02 Å². The van der Waals surface area contributed by atoms with Crippen LogP contribution in [-0.2, 0) is 0 Å². The molecule has 1 saturated carbocycles. The number of ether oxygens (including phenoxy) is 1. The Morgan fingerprint density at radius 2 is 2.08 bits per heavy atom. The molecule has 2 aromatic rings. The third-order valence-corrected chi connectivity index (χ3v) is 4.56. The molecule has 1 aliphatic rings. The molecular weight excluding hydrogens is 336 g/mol. The van der Waals surface area contributed by atoms with Crippen molar-refractivity contribution in [3.05, 3.63) is 58.6 Å². The molecule has 0 N–H and O–H groups in total. The minimum atomic E-state index is 0.00597. The average Bonchev–Trinajstić information content (AvgIpc) is 3.44. The van der Waals surface area contributed by atoms with Crippen LogP contribution in [-0.4, -0.2) is 23.9 Å². The maximum absolute atomic E-state index is 12.7. The third kappa shape index (κ3) is 4.12. The largest absolute Gasteiger partial charge is 0.456 e. The van der Waals surface area contributed by atoms with Gasteiger partial charge in [-0.3, -0.25) is 4.79 Å². The number of nitrogens with zero attached hydrogens (tertiary/aromatic N) is 2. The fourth-order valence-corrected chi connectivity index (χ4v) is 2.88. The first-order chi connectivity index (χ1) is 12.1. The van der Waals surface area contributed by atoms with Crippen molar-refractivity contribution in [2.24, 2.45) is 5.92 Å². The molecule has 1 amide bonds. The molecule has 0 radical (unpaired) electrons. The van der Waals surface area contributed by atoms with Crippen LogP contribution >= 0.6 is 11.6 Å². The Bertz CT molecular complexity index is 825. The van der Waals surface area contributed by atoms with Gasteiger partial charge in [0.15, 0.2) is 0 Å². The second-order valence-electron chi connectivity index (χ2n) is 6.14. The maximum atomic E-state index is 12.7. The van der Waals surface area contributed by atoms with Crippen LogP contribution in [0.3, 0.4) is 0 Å². The lowest BCUT2D eigenvalue weighted by molar-refractivity contribution is 0.0756. The van der Waals surface area contributed by atoms with Gasteiger partial charge in [-0.15, -0.1) is 0 Å². The molecule has 4 nitrogen and oxygen atoms in total. The Labute approximate surface area is 152 Å². The van der Waals surface area contributed by atoms with Gasteiger partial charge >= 0.3 is 0 Å². The highest BCUT2D eigenvalue weighted by Gasteiger charge is 2.26. The first-order valence-electron chi connectivity index (χ1n) is 8.38. The van der Waals surface area contributed by atoms with Crippen LogP contribution in [0.4, 0.5) is 0 Å². The third-order valence-electron chi connectivity index (χ3n) is 4.24. The smallest absolute Gasteiger partial charge is 0.253 e. The summed E-state index contributed by atoms with van der Waals surface area (Å²) in [6.07, 6.45) is 2.41. The summed E-state index contributed by atoms with van der Waals surface area (Å²) in [5.74, 6) is 1.54. The van der Waals surface area contributed by atoms with Gasteiger partial charge in [0.2, 0.25) is 0 Å². The summed E-state index contributed by atoms with van der Waals surface area (Å²) in [6.45, 7) is 3.49. The molecule has 0 bridgehead atoms. The summed E-state index contributed by atoms with van der Waals surface area (Å²) in [5.41, 5.74) is 0.866. The minimum Gasteiger partial charge on any atom is -0.456 e. The van der Waals surface area contributed by atoms with Gasteiger partial charge in [0, 0.05) is 18.7 Å². The lowest BCUT2D eigenvalue weighted by Gasteiger charge is -2.21. The van der Waals surface area contributed by atoms with Crippen LogP contribution in [0.5, 0.6) is 11.5 Å². The van der Waals surface area contributed by atoms with E-state index in [9.17, 15) is 10.1 Å². The highest BCUT2D eigenvalue weighted by molar-refractivity contribution is 6.31. The zero-order chi connectivity index (χ0) is 17.8. The molecule has 0 saturated heterocycles. The Kier molecular flexibility index (Phi) is 5.25. The number of carbonyl (C=O) groups excluding carboxylic acids is 1. The van der Waals surface area contributed by atoms with Crippen LogP contribution in [0.15, 0.2) is 42.5 Å². The standard InChI is InChI=1S/C20H19ClN2O2/c1-2-23(13-14-9-10-14)20(24)15-5-3-6-16(11-15)25-19-8-4-7-18(21)17(19)12-22/h3-8,11,14H,2,9-10,13H2,1H3. The highest BCUT2D eigenvalue weighted by atomic mass is 35.5. The van der Waals surface area contributed by atoms with Crippen molar-refractivity contribution in [2.75, 3.05) is 13.1 Å². The van der Waals surface area contributed by atoms with Crippen molar-refractivity contribution in [2.45, 2.75) is 19.8 Å². The number of nitriles is 1. The summed E-state index contributed by atoms with van der Waals surface area (Å²) in [5, 5.41) is 9.58. The molecular formula is C20H19ClN2O2. The number of carbonyl (C=O) groups is 1. The van der Waals surface area contributed by atoms with Crippen LogP contribution in [0.25, 0.3) is 0 Å². The first-order valence-corrected chi connectivity index (χ1v) is 8.76. The number of rotatable bonds is 6. The number of hydrogen-bond donors (Lipinski definition) is 0. The Hall–Kier alpha value is -2.51. The van der Waals surface area contributed by atoms with E-state index in [1.54, 1.807) is 42.5 Å². The lowest BCUT2D eigenvalue weighted by atomic mass is 10.1. The van der Waals surface area contributed by atoms with Crippen molar-refractivity contribution in [3.63, 3.8) is 0 Å². The fraction of sp³-hybridized carbons (Fsp3) is 0.300.